The van der Waals surface area contributed by atoms with Crippen molar-refractivity contribution in [2.75, 3.05) is 19.8 Å². The Balaban J connectivity index is 2.33. The molecule has 1 aromatic carbocycles. The van der Waals surface area contributed by atoms with E-state index in [0.29, 0.717) is 6.61 Å². The van der Waals surface area contributed by atoms with Gasteiger partial charge in [-0.1, -0.05) is 31.9 Å². The number of nitrogens with one attached hydrogen (secondary N) is 1. The van der Waals surface area contributed by atoms with Gasteiger partial charge in [-0.05, 0) is 12.1 Å². The van der Waals surface area contributed by atoms with Gasteiger partial charge in [-0.15, -0.1) is 0 Å². The maximum absolute atomic E-state index is 9.87. The standard InChI is InChI=1S/C10H11Br2NO2/c11-6-3-7(12)10(9(14)4-6)8-5-15-2-1-13-8/h3-4,8,13-14H,1-2,5H2/t8-/m0/s1. The van der Waals surface area contributed by atoms with Crippen molar-refractivity contribution in [1.29, 1.82) is 0 Å². The second kappa shape index (κ2) is 4.82. The number of ether oxygens (including phenoxy) is 1. The molecule has 1 saturated heterocycles. The molecule has 0 aliphatic carbocycles. The highest BCUT2D eigenvalue weighted by molar-refractivity contribution is 9.11. The molecule has 0 amide bonds. The van der Waals surface area contributed by atoms with Crippen LogP contribution in [-0.4, -0.2) is 24.9 Å². The molecule has 1 aromatic rings. The molecule has 2 rings (SSSR count). The molecule has 1 heterocycles. The van der Waals surface area contributed by atoms with Crippen LogP contribution in [0.25, 0.3) is 0 Å². The molecule has 0 saturated carbocycles. The van der Waals surface area contributed by atoms with Crippen molar-refractivity contribution in [2.24, 2.45) is 0 Å². The number of hydrogen-bond donors (Lipinski definition) is 2. The topological polar surface area (TPSA) is 41.5 Å². The Hall–Kier alpha value is -0.100. The Morgan fingerprint density at radius 2 is 2.20 bits per heavy atom. The van der Waals surface area contributed by atoms with Gasteiger partial charge in [-0.2, -0.15) is 0 Å². The maximum atomic E-state index is 9.87. The van der Waals surface area contributed by atoms with E-state index in [0.717, 1.165) is 27.7 Å². The van der Waals surface area contributed by atoms with E-state index >= 15 is 0 Å². The van der Waals surface area contributed by atoms with Crippen LogP contribution in [0.1, 0.15) is 11.6 Å². The monoisotopic (exact) mass is 335 g/mol. The van der Waals surface area contributed by atoms with Crippen LogP contribution in [0.3, 0.4) is 0 Å². The van der Waals surface area contributed by atoms with E-state index in [9.17, 15) is 5.11 Å². The van der Waals surface area contributed by atoms with Crippen LogP contribution in [0.2, 0.25) is 0 Å². The summed E-state index contributed by atoms with van der Waals surface area (Å²) in [5.74, 6) is 0.277. The van der Waals surface area contributed by atoms with Gasteiger partial charge in [0.1, 0.15) is 5.75 Å². The second-order valence-electron chi connectivity index (χ2n) is 3.40. The molecule has 1 aliphatic heterocycles. The van der Waals surface area contributed by atoms with E-state index in [4.69, 9.17) is 4.74 Å². The van der Waals surface area contributed by atoms with Gasteiger partial charge in [0.2, 0.25) is 0 Å². The van der Waals surface area contributed by atoms with E-state index in [1.807, 2.05) is 6.07 Å². The van der Waals surface area contributed by atoms with Crippen molar-refractivity contribution < 1.29 is 9.84 Å². The molecular weight excluding hydrogens is 326 g/mol. The molecule has 0 radical (unpaired) electrons. The van der Waals surface area contributed by atoms with Crippen LogP contribution in [0, 0.1) is 0 Å². The lowest BCUT2D eigenvalue weighted by Crippen LogP contribution is -2.34. The number of halogens is 2. The number of benzene rings is 1. The molecule has 1 fully saturated rings. The third-order valence-electron chi connectivity index (χ3n) is 2.34. The van der Waals surface area contributed by atoms with E-state index in [-0.39, 0.29) is 11.8 Å². The number of phenols is 1. The molecule has 5 heteroatoms. The summed E-state index contributed by atoms with van der Waals surface area (Å²) in [7, 11) is 0. The highest BCUT2D eigenvalue weighted by Crippen LogP contribution is 2.35. The average molecular weight is 337 g/mol. The van der Waals surface area contributed by atoms with Gasteiger partial charge in [0.15, 0.2) is 0 Å². The first-order chi connectivity index (χ1) is 7.18. The first-order valence-electron chi connectivity index (χ1n) is 4.67. The van der Waals surface area contributed by atoms with Gasteiger partial charge in [-0.25, -0.2) is 0 Å². The summed E-state index contributed by atoms with van der Waals surface area (Å²) in [5, 5.41) is 13.2. The lowest BCUT2D eigenvalue weighted by atomic mass is 10.1. The lowest BCUT2D eigenvalue weighted by molar-refractivity contribution is 0.0758. The zero-order valence-electron chi connectivity index (χ0n) is 7.96. The Bertz CT molecular complexity index is 341. The molecule has 0 aromatic heterocycles. The molecule has 15 heavy (non-hydrogen) atoms. The fraction of sp³-hybridized carbons (Fsp3) is 0.400. The molecule has 0 bridgehead atoms. The van der Waals surface area contributed by atoms with Crippen molar-refractivity contribution >= 4 is 31.9 Å². The summed E-state index contributed by atoms with van der Waals surface area (Å²) < 4.78 is 7.11. The Kier molecular flexibility index (Phi) is 3.66. The highest BCUT2D eigenvalue weighted by atomic mass is 79.9. The Morgan fingerprint density at radius 3 is 2.80 bits per heavy atom. The van der Waals surface area contributed by atoms with Crippen molar-refractivity contribution in [3.05, 3.63) is 26.6 Å². The fourth-order valence-electron chi connectivity index (χ4n) is 1.67. The van der Waals surface area contributed by atoms with Gasteiger partial charge in [0.25, 0.3) is 0 Å². The number of phenolic OH excluding ortho intramolecular Hbond substituents is 1. The number of hydrogen-bond acceptors (Lipinski definition) is 3. The zero-order valence-corrected chi connectivity index (χ0v) is 11.1. The molecule has 0 spiro atoms. The minimum absolute atomic E-state index is 0.0567. The van der Waals surface area contributed by atoms with Crippen molar-refractivity contribution in [2.45, 2.75) is 6.04 Å². The minimum Gasteiger partial charge on any atom is -0.508 e. The smallest absolute Gasteiger partial charge is 0.122 e. The SMILES string of the molecule is Oc1cc(Br)cc(Br)c1[C@@H]1COCCN1. The van der Waals surface area contributed by atoms with Gasteiger partial charge < -0.3 is 15.2 Å². The average Bonchev–Trinajstić information content (AvgIpc) is 2.17. The second-order valence-corrected chi connectivity index (χ2v) is 5.17. The van der Waals surface area contributed by atoms with Crippen LogP contribution in [-0.2, 0) is 4.74 Å². The molecule has 1 aliphatic rings. The first kappa shape index (κ1) is 11.4. The highest BCUT2D eigenvalue weighted by Gasteiger charge is 2.21. The predicted octanol–water partition coefficient (Wildman–Crippen LogP) is 2.58. The van der Waals surface area contributed by atoms with Crippen molar-refractivity contribution in [3.63, 3.8) is 0 Å². The fourth-order valence-corrected chi connectivity index (χ4v) is 3.15. The number of rotatable bonds is 1. The van der Waals surface area contributed by atoms with Crippen LogP contribution in [0.4, 0.5) is 0 Å². The summed E-state index contributed by atoms with van der Waals surface area (Å²) >= 11 is 6.78. The lowest BCUT2D eigenvalue weighted by Gasteiger charge is -2.25. The molecular formula is C10H11Br2NO2. The van der Waals surface area contributed by atoms with Crippen molar-refractivity contribution in [3.8, 4) is 5.75 Å². The summed E-state index contributed by atoms with van der Waals surface area (Å²) in [6.07, 6.45) is 0. The Labute approximate surface area is 105 Å². The van der Waals surface area contributed by atoms with Crippen LogP contribution < -0.4 is 5.32 Å². The third kappa shape index (κ3) is 2.53. The quantitative estimate of drug-likeness (QED) is 0.828. The maximum Gasteiger partial charge on any atom is 0.122 e. The van der Waals surface area contributed by atoms with Crippen LogP contribution >= 0.6 is 31.9 Å². The van der Waals surface area contributed by atoms with Crippen LogP contribution in [0.5, 0.6) is 5.75 Å². The first-order valence-corrected chi connectivity index (χ1v) is 6.26. The number of aromatic hydroxyl groups is 1. The largest absolute Gasteiger partial charge is 0.508 e. The summed E-state index contributed by atoms with van der Waals surface area (Å²) in [5.41, 5.74) is 0.859. The van der Waals surface area contributed by atoms with Gasteiger partial charge in [-0.3, -0.25) is 0 Å². The number of morpholine rings is 1. The Morgan fingerprint density at radius 1 is 1.40 bits per heavy atom. The van der Waals surface area contributed by atoms with E-state index < -0.39 is 0 Å². The molecule has 82 valence electrons. The van der Waals surface area contributed by atoms with E-state index in [2.05, 4.69) is 37.2 Å². The predicted molar refractivity (Wildman–Crippen MR) is 65.1 cm³/mol. The molecule has 3 nitrogen and oxygen atoms in total. The normalized spacial score (nSPS) is 21.6. The third-order valence-corrected chi connectivity index (χ3v) is 3.46. The van der Waals surface area contributed by atoms with Gasteiger partial charge in [0.05, 0.1) is 19.3 Å². The summed E-state index contributed by atoms with van der Waals surface area (Å²) in [6.45, 7) is 2.13. The molecule has 2 N–H and O–H groups in total. The van der Waals surface area contributed by atoms with Crippen LogP contribution in [0.15, 0.2) is 21.1 Å². The van der Waals surface area contributed by atoms with E-state index in [1.54, 1.807) is 6.07 Å². The molecule has 1 atom stereocenters. The molecule has 0 unspecified atom stereocenters. The summed E-state index contributed by atoms with van der Waals surface area (Å²) in [4.78, 5) is 0. The van der Waals surface area contributed by atoms with Gasteiger partial charge in [0, 0.05) is 21.1 Å². The minimum atomic E-state index is 0.0567. The van der Waals surface area contributed by atoms with Gasteiger partial charge >= 0.3 is 0 Å². The van der Waals surface area contributed by atoms with Crippen molar-refractivity contribution in [1.82, 2.24) is 5.32 Å². The summed E-state index contributed by atoms with van der Waals surface area (Å²) in [6, 6.07) is 3.67. The van der Waals surface area contributed by atoms with E-state index in [1.165, 1.54) is 0 Å². The zero-order chi connectivity index (χ0) is 10.8.